The average molecular weight is 289 g/mol. The molecule has 1 aromatic heterocycles. The van der Waals surface area contributed by atoms with E-state index in [-0.39, 0.29) is 18.4 Å². The molecule has 8 heteroatoms. The number of nitrogens with one attached hydrogen (secondary N) is 2. The highest BCUT2D eigenvalue weighted by molar-refractivity contribution is 5.85. The first kappa shape index (κ1) is 13.5. The Labute approximate surface area is 120 Å². The number of para-hydroxylation sites is 1. The molecule has 0 spiro atoms. The van der Waals surface area contributed by atoms with Gasteiger partial charge < -0.3 is 4.74 Å². The highest BCUT2D eigenvalue weighted by Crippen LogP contribution is 2.11. The van der Waals surface area contributed by atoms with E-state index in [1.165, 1.54) is 4.68 Å². The standard InChI is InChI=1S/C13H15N5O3/c19-12(15-16-13(20)11-6-3-7-21-11)8-18-10-5-2-1-4-9(10)14-17-18/h1-2,4-5,11H,3,6-8H2,(H,15,19)(H,16,20). The summed E-state index contributed by atoms with van der Waals surface area (Å²) in [4.78, 5) is 23.5. The molecule has 0 saturated carbocycles. The molecule has 1 fully saturated rings. The Morgan fingerprint density at radius 1 is 1.33 bits per heavy atom. The third kappa shape index (κ3) is 3.00. The molecule has 1 aliphatic heterocycles. The van der Waals surface area contributed by atoms with Crippen molar-refractivity contribution in [1.29, 1.82) is 0 Å². The van der Waals surface area contributed by atoms with E-state index < -0.39 is 6.10 Å². The molecule has 2 heterocycles. The lowest BCUT2D eigenvalue weighted by Crippen LogP contribution is -2.47. The molecule has 2 N–H and O–H groups in total. The van der Waals surface area contributed by atoms with Crippen LogP contribution in [0.15, 0.2) is 24.3 Å². The molecule has 0 bridgehead atoms. The molecule has 0 aliphatic carbocycles. The van der Waals surface area contributed by atoms with E-state index in [1.54, 1.807) is 0 Å². The van der Waals surface area contributed by atoms with Gasteiger partial charge in [0, 0.05) is 6.61 Å². The van der Waals surface area contributed by atoms with E-state index in [0.717, 1.165) is 11.9 Å². The van der Waals surface area contributed by atoms with Crippen molar-refractivity contribution in [3.05, 3.63) is 24.3 Å². The Kier molecular flexibility index (Phi) is 3.78. The fourth-order valence-electron chi connectivity index (χ4n) is 2.21. The van der Waals surface area contributed by atoms with Crippen LogP contribution in [0.4, 0.5) is 0 Å². The summed E-state index contributed by atoms with van der Waals surface area (Å²) in [7, 11) is 0. The summed E-state index contributed by atoms with van der Waals surface area (Å²) in [6.45, 7) is 0.559. The topological polar surface area (TPSA) is 98.1 Å². The van der Waals surface area contributed by atoms with Crippen LogP contribution in [0.5, 0.6) is 0 Å². The van der Waals surface area contributed by atoms with Gasteiger partial charge in [0.2, 0.25) is 0 Å². The first-order valence-electron chi connectivity index (χ1n) is 6.72. The molecule has 1 saturated heterocycles. The molecule has 2 aromatic rings. The Bertz CT molecular complexity index is 663. The maximum absolute atomic E-state index is 11.8. The fourth-order valence-corrected chi connectivity index (χ4v) is 2.21. The first-order valence-corrected chi connectivity index (χ1v) is 6.72. The van der Waals surface area contributed by atoms with E-state index in [0.29, 0.717) is 18.5 Å². The van der Waals surface area contributed by atoms with E-state index >= 15 is 0 Å². The predicted octanol–water partition coefficient (Wildman–Crippen LogP) is -0.242. The second kappa shape index (κ2) is 5.88. The Hall–Kier alpha value is -2.48. The Morgan fingerprint density at radius 2 is 2.19 bits per heavy atom. The lowest BCUT2D eigenvalue weighted by molar-refractivity contribution is -0.135. The van der Waals surface area contributed by atoms with Crippen molar-refractivity contribution in [3.8, 4) is 0 Å². The first-order chi connectivity index (χ1) is 10.2. The third-order valence-electron chi connectivity index (χ3n) is 3.26. The van der Waals surface area contributed by atoms with Gasteiger partial charge in [-0.05, 0) is 25.0 Å². The molecule has 110 valence electrons. The molecule has 3 rings (SSSR count). The smallest absolute Gasteiger partial charge is 0.267 e. The van der Waals surface area contributed by atoms with Crippen molar-refractivity contribution in [2.45, 2.75) is 25.5 Å². The van der Waals surface area contributed by atoms with Gasteiger partial charge in [0.15, 0.2) is 0 Å². The molecule has 1 unspecified atom stereocenters. The number of ether oxygens (including phenoxy) is 1. The second-order valence-corrected chi connectivity index (χ2v) is 4.77. The minimum Gasteiger partial charge on any atom is -0.368 e. The summed E-state index contributed by atoms with van der Waals surface area (Å²) < 4.78 is 6.69. The maximum Gasteiger partial charge on any atom is 0.267 e. The van der Waals surface area contributed by atoms with Gasteiger partial charge in [0.05, 0.1) is 5.52 Å². The number of benzene rings is 1. The van der Waals surface area contributed by atoms with Crippen molar-refractivity contribution < 1.29 is 14.3 Å². The van der Waals surface area contributed by atoms with Crippen LogP contribution in [0, 0.1) is 0 Å². The number of carbonyl (C=O) groups excluding carboxylic acids is 2. The van der Waals surface area contributed by atoms with Crippen molar-refractivity contribution in [2.75, 3.05) is 6.61 Å². The van der Waals surface area contributed by atoms with Gasteiger partial charge >= 0.3 is 0 Å². The molecule has 1 aliphatic rings. The molecule has 21 heavy (non-hydrogen) atoms. The molecular formula is C13H15N5O3. The minimum atomic E-state index is -0.475. The number of rotatable bonds is 3. The SMILES string of the molecule is O=C(Cn1nnc2ccccc21)NNC(=O)C1CCCO1. The summed E-state index contributed by atoms with van der Waals surface area (Å²) in [6.07, 6.45) is 1.06. The number of aromatic nitrogens is 3. The lowest BCUT2D eigenvalue weighted by atomic mass is 10.2. The van der Waals surface area contributed by atoms with Gasteiger partial charge in [0.25, 0.3) is 11.8 Å². The monoisotopic (exact) mass is 289 g/mol. The fraction of sp³-hybridized carbons (Fsp3) is 0.385. The summed E-state index contributed by atoms with van der Waals surface area (Å²) in [5, 5.41) is 7.86. The average Bonchev–Trinajstić information content (AvgIpc) is 3.15. The number of nitrogens with zero attached hydrogens (tertiary/aromatic N) is 3. The number of fused-ring (bicyclic) bond motifs is 1. The van der Waals surface area contributed by atoms with Crippen LogP contribution in [-0.4, -0.2) is 39.5 Å². The minimum absolute atomic E-state index is 0.0215. The zero-order valence-corrected chi connectivity index (χ0v) is 11.3. The maximum atomic E-state index is 11.8. The summed E-state index contributed by atoms with van der Waals surface area (Å²) in [5.74, 6) is -0.707. The van der Waals surface area contributed by atoms with Crippen LogP contribution in [0.2, 0.25) is 0 Å². The largest absolute Gasteiger partial charge is 0.368 e. The highest BCUT2D eigenvalue weighted by atomic mass is 16.5. The van der Waals surface area contributed by atoms with Crippen LogP contribution >= 0.6 is 0 Å². The normalized spacial score (nSPS) is 17.8. The lowest BCUT2D eigenvalue weighted by Gasteiger charge is -2.11. The van der Waals surface area contributed by atoms with Gasteiger partial charge in [-0.2, -0.15) is 0 Å². The van der Waals surface area contributed by atoms with Crippen LogP contribution in [-0.2, 0) is 20.9 Å². The number of hydrogen-bond donors (Lipinski definition) is 2. The summed E-state index contributed by atoms with van der Waals surface area (Å²) in [6, 6.07) is 7.34. The predicted molar refractivity (Wildman–Crippen MR) is 72.8 cm³/mol. The Morgan fingerprint density at radius 3 is 3.00 bits per heavy atom. The van der Waals surface area contributed by atoms with Gasteiger partial charge in [-0.15, -0.1) is 5.10 Å². The van der Waals surface area contributed by atoms with Gasteiger partial charge in [-0.25, -0.2) is 4.68 Å². The van der Waals surface area contributed by atoms with Crippen LogP contribution < -0.4 is 10.9 Å². The van der Waals surface area contributed by atoms with E-state index in [2.05, 4.69) is 21.2 Å². The van der Waals surface area contributed by atoms with Crippen molar-refractivity contribution in [2.24, 2.45) is 0 Å². The van der Waals surface area contributed by atoms with E-state index in [4.69, 9.17) is 4.74 Å². The number of amides is 2. The van der Waals surface area contributed by atoms with Crippen LogP contribution in [0.1, 0.15) is 12.8 Å². The zero-order chi connectivity index (χ0) is 14.7. The summed E-state index contributed by atoms with van der Waals surface area (Å²) >= 11 is 0. The Balaban J connectivity index is 1.55. The van der Waals surface area contributed by atoms with Crippen molar-refractivity contribution >= 4 is 22.8 Å². The second-order valence-electron chi connectivity index (χ2n) is 4.77. The molecule has 1 atom stereocenters. The molecule has 8 nitrogen and oxygen atoms in total. The van der Waals surface area contributed by atoms with Crippen molar-refractivity contribution in [3.63, 3.8) is 0 Å². The number of carbonyl (C=O) groups is 2. The third-order valence-corrected chi connectivity index (χ3v) is 3.26. The van der Waals surface area contributed by atoms with E-state index in [9.17, 15) is 9.59 Å². The van der Waals surface area contributed by atoms with Crippen LogP contribution in [0.25, 0.3) is 11.0 Å². The van der Waals surface area contributed by atoms with Gasteiger partial charge in [-0.1, -0.05) is 17.3 Å². The van der Waals surface area contributed by atoms with E-state index in [1.807, 2.05) is 24.3 Å². The van der Waals surface area contributed by atoms with Gasteiger partial charge in [-0.3, -0.25) is 20.4 Å². The number of hydrazine groups is 1. The summed E-state index contributed by atoms with van der Waals surface area (Å²) in [5.41, 5.74) is 6.19. The molecular weight excluding hydrogens is 274 g/mol. The zero-order valence-electron chi connectivity index (χ0n) is 11.3. The number of hydrogen-bond acceptors (Lipinski definition) is 5. The molecule has 2 amide bonds. The van der Waals surface area contributed by atoms with Crippen molar-refractivity contribution in [1.82, 2.24) is 25.8 Å². The van der Waals surface area contributed by atoms with Gasteiger partial charge in [0.1, 0.15) is 18.2 Å². The molecule has 1 aromatic carbocycles. The molecule has 0 radical (unpaired) electrons. The highest BCUT2D eigenvalue weighted by Gasteiger charge is 2.23. The van der Waals surface area contributed by atoms with Crippen LogP contribution in [0.3, 0.4) is 0 Å². The quantitative estimate of drug-likeness (QED) is 0.760.